The van der Waals surface area contributed by atoms with E-state index < -0.39 is 0 Å². The highest BCUT2D eigenvalue weighted by molar-refractivity contribution is 5.67. The number of hydrogen-bond donors (Lipinski definition) is 0. The van der Waals surface area contributed by atoms with Crippen LogP contribution in [0.15, 0.2) is 24.3 Å². The molecule has 0 aliphatic carbocycles. The van der Waals surface area contributed by atoms with E-state index in [0.29, 0.717) is 12.6 Å². The normalized spacial score (nSPS) is 20.1. The molecule has 2 heteroatoms. The summed E-state index contributed by atoms with van der Waals surface area (Å²) in [7, 11) is 0. The smallest absolute Gasteiger partial charge is 0.139 e. The lowest BCUT2D eigenvalue weighted by Crippen LogP contribution is -2.30. The number of hydrogen-bond acceptors (Lipinski definition) is 2. The molecular formula is C11H13NO. The maximum atomic E-state index is 10.5. The second kappa shape index (κ2) is 3.21. The molecule has 1 aliphatic rings. The maximum absolute atomic E-state index is 10.5. The molecule has 1 unspecified atom stereocenters. The molecule has 0 saturated carbocycles. The molecule has 0 saturated heterocycles. The fraction of sp³-hybridized carbons (Fsp3) is 0.364. The highest BCUT2D eigenvalue weighted by Crippen LogP contribution is 2.30. The van der Waals surface area contributed by atoms with Gasteiger partial charge in [-0.3, -0.25) is 0 Å². The van der Waals surface area contributed by atoms with Crippen molar-refractivity contribution in [3.63, 3.8) is 0 Å². The molecule has 0 fully saturated rings. The van der Waals surface area contributed by atoms with E-state index in [1.165, 1.54) is 11.3 Å². The van der Waals surface area contributed by atoms with Crippen molar-refractivity contribution in [2.24, 2.45) is 0 Å². The summed E-state index contributed by atoms with van der Waals surface area (Å²) in [5.41, 5.74) is 2.58. The number of para-hydroxylation sites is 1. The molecule has 1 aromatic rings. The molecule has 1 atom stereocenters. The molecule has 2 nitrogen and oxygen atoms in total. The minimum atomic E-state index is 0.461. The van der Waals surface area contributed by atoms with Gasteiger partial charge in [0, 0.05) is 11.7 Å². The number of anilines is 1. The Bertz CT molecular complexity index is 322. The van der Waals surface area contributed by atoms with Crippen molar-refractivity contribution in [1.29, 1.82) is 0 Å². The quantitative estimate of drug-likeness (QED) is 0.637. The molecule has 1 aliphatic heterocycles. The van der Waals surface area contributed by atoms with E-state index in [9.17, 15) is 4.79 Å². The molecule has 0 amide bonds. The molecule has 1 heterocycles. The molecule has 0 N–H and O–H groups in total. The third-order valence-electron chi connectivity index (χ3n) is 2.62. The van der Waals surface area contributed by atoms with Crippen LogP contribution in [0.5, 0.6) is 0 Å². The van der Waals surface area contributed by atoms with Crippen molar-refractivity contribution < 1.29 is 4.79 Å². The summed E-state index contributed by atoms with van der Waals surface area (Å²) >= 11 is 0. The summed E-state index contributed by atoms with van der Waals surface area (Å²) in [4.78, 5) is 12.6. The molecule has 0 bridgehead atoms. The standard InChI is InChI=1S/C11H13NO/c1-9-8-10-4-2-3-5-11(10)12(9)6-7-13/h2-5,7,9H,6,8H2,1H3. The van der Waals surface area contributed by atoms with Gasteiger partial charge in [0.2, 0.25) is 0 Å². The zero-order valence-corrected chi connectivity index (χ0v) is 7.73. The van der Waals surface area contributed by atoms with Crippen molar-refractivity contribution >= 4 is 12.0 Å². The van der Waals surface area contributed by atoms with Gasteiger partial charge in [0.25, 0.3) is 0 Å². The van der Waals surface area contributed by atoms with Crippen LogP contribution in [0.1, 0.15) is 12.5 Å². The predicted molar refractivity (Wildman–Crippen MR) is 53.0 cm³/mol. The molecule has 2 rings (SSSR count). The molecule has 13 heavy (non-hydrogen) atoms. The van der Waals surface area contributed by atoms with Gasteiger partial charge in [-0.15, -0.1) is 0 Å². The minimum Gasteiger partial charge on any atom is -0.361 e. The Kier molecular flexibility index (Phi) is 2.05. The van der Waals surface area contributed by atoms with E-state index in [1.54, 1.807) is 0 Å². The summed E-state index contributed by atoms with van der Waals surface area (Å²) in [6, 6.07) is 8.76. The average Bonchev–Trinajstić information content (AvgIpc) is 2.44. The first-order valence-corrected chi connectivity index (χ1v) is 4.61. The summed E-state index contributed by atoms with van der Waals surface area (Å²) < 4.78 is 0. The molecule has 0 radical (unpaired) electrons. The summed E-state index contributed by atoms with van der Waals surface area (Å²) in [5.74, 6) is 0. The molecule has 0 spiro atoms. The number of carbonyl (C=O) groups excluding carboxylic acids is 1. The Hall–Kier alpha value is -1.31. The Morgan fingerprint density at radius 3 is 3.08 bits per heavy atom. The van der Waals surface area contributed by atoms with Crippen LogP contribution in [0.2, 0.25) is 0 Å². The minimum absolute atomic E-state index is 0.461. The van der Waals surface area contributed by atoms with Crippen LogP contribution in [-0.4, -0.2) is 18.9 Å². The lowest BCUT2D eigenvalue weighted by atomic mass is 10.1. The van der Waals surface area contributed by atoms with Gasteiger partial charge in [0.1, 0.15) is 6.29 Å². The van der Waals surface area contributed by atoms with Gasteiger partial charge in [-0.1, -0.05) is 18.2 Å². The Labute approximate surface area is 78.2 Å². The van der Waals surface area contributed by atoms with Crippen molar-refractivity contribution in [2.45, 2.75) is 19.4 Å². The lowest BCUT2D eigenvalue weighted by molar-refractivity contribution is -0.106. The van der Waals surface area contributed by atoms with Gasteiger partial charge in [0.05, 0.1) is 6.54 Å². The number of fused-ring (bicyclic) bond motifs is 1. The van der Waals surface area contributed by atoms with Crippen LogP contribution in [0, 0.1) is 0 Å². The third kappa shape index (κ3) is 1.32. The largest absolute Gasteiger partial charge is 0.361 e. The van der Waals surface area contributed by atoms with Gasteiger partial charge in [0.15, 0.2) is 0 Å². The Morgan fingerprint density at radius 2 is 2.31 bits per heavy atom. The number of nitrogens with zero attached hydrogens (tertiary/aromatic N) is 1. The zero-order chi connectivity index (χ0) is 9.26. The van der Waals surface area contributed by atoms with Crippen LogP contribution in [0.3, 0.4) is 0 Å². The van der Waals surface area contributed by atoms with Crippen LogP contribution in [-0.2, 0) is 11.2 Å². The summed E-state index contributed by atoms with van der Waals surface area (Å²) in [5, 5.41) is 0. The monoisotopic (exact) mass is 175 g/mol. The number of rotatable bonds is 2. The van der Waals surface area contributed by atoms with E-state index in [2.05, 4.69) is 30.0 Å². The zero-order valence-electron chi connectivity index (χ0n) is 7.73. The van der Waals surface area contributed by atoms with Gasteiger partial charge in [-0.25, -0.2) is 0 Å². The molecule has 1 aromatic carbocycles. The van der Waals surface area contributed by atoms with E-state index in [1.807, 2.05) is 6.07 Å². The maximum Gasteiger partial charge on any atom is 0.139 e. The predicted octanol–water partition coefficient (Wildman–Crippen LogP) is 1.64. The first kappa shape index (κ1) is 8.30. The Balaban J connectivity index is 2.34. The fourth-order valence-corrected chi connectivity index (χ4v) is 1.99. The van der Waals surface area contributed by atoms with Gasteiger partial charge >= 0.3 is 0 Å². The van der Waals surface area contributed by atoms with Crippen molar-refractivity contribution in [2.75, 3.05) is 11.4 Å². The average molecular weight is 175 g/mol. The summed E-state index contributed by atoms with van der Waals surface area (Å²) in [6.07, 6.45) is 2.03. The van der Waals surface area contributed by atoms with Crippen LogP contribution in [0.25, 0.3) is 0 Å². The van der Waals surface area contributed by atoms with Crippen LogP contribution >= 0.6 is 0 Å². The number of carbonyl (C=O) groups is 1. The lowest BCUT2D eigenvalue weighted by Gasteiger charge is -2.21. The number of aldehydes is 1. The first-order chi connectivity index (χ1) is 6.33. The third-order valence-corrected chi connectivity index (χ3v) is 2.62. The molecular weight excluding hydrogens is 162 g/mol. The molecule has 68 valence electrons. The van der Waals surface area contributed by atoms with Crippen molar-refractivity contribution in [3.8, 4) is 0 Å². The van der Waals surface area contributed by atoms with E-state index >= 15 is 0 Å². The van der Waals surface area contributed by atoms with E-state index in [-0.39, 0.29) is 0 Å². The number of benzene rings is 1. The highest BCUT2D eigenvalue weighted by Gasteiger charge is 2.24. The highest BCUT2D eigenvalue weighted by atomic mass is 16.1. The Morgan fingerprint density at radius 1 is 1.54 bits per heavy atom. The first-order valence-electron chi connectivity index (χ1n) is 4.61. The van der Waals surface area contributed by atoms with Gasteiger partial charge in [-0.05, 0) is 25.0 Å². The van der Waals surface area contributed by atoms with Crippen molar-refractivity contribution in [1.82, 2.24) is 0 Å². The SMILES string of the molecule is CC1Cc2ccccc2N1CC=O. The van der Waals surface area contributed by atoms with Crippen molar-refractivity contribution in [3.05, 3.63) is 29.8 Å². The van der Waals surface area contributed by atoms with Crippen LogP contribution < -0.4 is 4.90 Å². The van der Waals surface area contributed by atoms with Gasteiger partial charge < -0.3 is 9.69 Å². The van der Waals surface area contributed by atoms with Crippen LogP contribution in [0.4, 0.5) is 5.69 Å². The second-order valence-electron chi connectivity index (χ2n) is 3.50. The fourth-order valence-electron chi connectivity index (χ4n) is 1.99. The van der Waals surface area contributed by atoms with Gasteiger partial charge in [-0.2, -0.15) is 0 Å². The second-order valence-corrected chi connectivity index (χ2v) is 3.50. The summed E-state index contributed by atoms with van der Waals surface area (Å²) in [6.45, 7) is 2.67. The van der Waals surface area contributed by atoms with E-state index in [0.717, 1.165) is 12.7 Å². The topological polar surface area (TPSA) is 20.3 Å². The molecule has 0 aromatic heterocycles. The van der Waals surface area contributed by atoms with E-state index in [4.69, 9.17) is 0 Å².